The number of ether oxygens (including phenoxy) is 1. The van der Waals surface area contributed by atoms with Crippen molar-refractivity contribution in [1.29, 1.82) is 0 Å². The molecule has 0 N–H and O–H groups in total. The molecule has 2 rings (SSSR count). The summed E-state index contributed by atoms with van der Waals surface area (Å²) in [6.07, 6.45) is -4.55. The largest absolute Gasteiger partial charge is 0.465 e. The van der Waals surface area contributed by atoms with Crippen LogP contribution in [-0.4, -0.2) is 13.1 Å². The number of carbonyl (C=O) groups is 1. The molecule has 2 nitrogen and oxygen atoms in total. The van der Waals surface area contributed by atoms with Crippen LogP contribution in [0, 0.1) is 0 Å². The van der Waals surface area contributed by atoms with Crippen LogP contribution in [0.3, 0.4) is 0 Å². The van der Waals surface area contributed by atoms with E-state index in [0.29, 0.717) is 16.0 Å². The lowest BCUT2D eigenvalue weighted by atomic mass is 10.1. The van der Waals surface area contributed by atoms with Crippen LogP contribution < -0.4 is 0 Å². The number of alkyl halides is 3. The van der Waals surface area contributed by atoms with E-state index in [2.05, 4.69) is 4.74 Å². The number of hydrogen-bond donors (Lipinski definition) is 0. The molecule has 0 aliphatic rings. The van der Waals surface area contributed by atoms with Gasteiger partial charge in [-0.15, -0.1) is 11.3 Å². The molecule has 1 aromatic carbocycles. The number of hydrogen-bond acceptors (Lipinski definition) is 3. The summed E-state index contributed by atoms with van der Waals surface area (Å²) >= 11 is 0.549. The number of rotatable bonds is 1. The van der Waals surface area contributed by atoms with Crippen molar-refractivity contribution in [1.82, 2.24) is 0 Å². The zero-order valence-electron chi connectivity index (χ0n) is 8.67. The molecule has 0 radical (unpaired) electrons. The van der Waals surface area contributed by atoms with E-state index in [1.807, 2.05) is 0 Å². The lowest BCUT2D eigenvalue weighted by Gasteiger charge is -2.06. The number of methoxy groups -OCH3 is 1. The maximum atomic E-state index is 12.8. The van der Waals surface area contributed by atoms with Crippen LogP contribution in [0.5, 0.6) is 0 Å². The molecule has 0 saturated carbocycles. The Morgan fingerprint density at radius 3 is 2.53 bits per heavy atom. The molecule has 0 atom stereocenters. The van der Waals surface area contributed by atoms with Gasteiger partial charge in [-0.3, -0.25) is 0 Å². The SMILES string of the molecule is COC(=O)c1c(C(F)(F)F)sc2ccccc12. The molecule has 90 valence electrons. The number of fused-ring (bicyclic) bond motifs is 1. The van der Waals surface area contributed by atoms with Gasteiger partial charge < -0.3 is 4.74 Å². The van der Waals surface area contributed by atoms with Gasteiger partial charge in [0.1, 0.15) is 4.88 Å². The lowest BCUT2D eigenvalue weighted by molar-refractivity contribution is -0.134. The van der Waals surface area contributed by atoms with Gasteiger partial charge in [-0.1, -0.05) is 18.2 Å². The summed E-state index contributed by atoms with van der Waals surface area (Å²) in [7, 11) is 1.06. The van der Waals surface area contributed by atoms with Gasteiger partial charge in [-0.25, -0.2) is 4.79 Å². The van der Waals surface area contributed by atoms with Gasteiger partial charge in [0, 0.05) is 10.1 Å². The first kappa shape index (κ1) is 11.9. The molecule has 0 unspecified atom stereocenters. The van der Waals surface area contributed by atoms with Crippen LogP contribution in [-0.2, 0) is 10.9 Å². The summed E-state index contributed by atoms with van der Waals surface area (Å²) in [6.45, 7) is 0. The normalized spacial score (nSPS) is 11.8. The molecular formula is C11H7F3O2S. The fourth-order valence-electron chi connectivity index (χ4n) is 1.55. The summed E-state index contributed by atoms with van der Waals surface area (Å²) in [5.41, 5.74) is -0.402. The number of thiophene rings is 1. The van der Waals surface area contributed by atoms with Crippen LogP contribution in [0.15, 0.2) is 24.3 Å². The van der Waals surface area contributed by atoms with Gasteiger partial charge in [0.15, 0.2) is 0 Å². The van der Waals surface area contributed by atoms with E-state index < -0.39 is 22.6 Å². The van der Waals surface area contributed by atoms with Crippen molar-refractivity contribution in [3.05, 3.63) is 34.7 Å². The molecule has 0 spiro atoms. The third-order valence-corrected chi connectivity index (χ3v) is 3.46. The van der Waals surface area contributed by atoms with E-state index in [-0.39, 0.29) is 5.39 Å². The Morgan fingerprint density at radius 1 is 1.29 bits per heavy atom. The highest BCUT2D eigenvalue weighted by atomic mass is 32.1. The second-order valence-electron chi connectivity index (χ2n) is 3.29. The van der Waals surface area contributed by atoms with Crippen LogP contribution in [0.25, 0.3) is 10.1 Å². The third-order valence-electron chi connectivity index (χ3n) is 2.24. The Morgan fingerprint density at radius 2 is 1.94 bits per heavy atom. The van der Waals surface area contributed by atoms with Gasteiger partial charge in [0.2, 0.25) is 0 Å². The second-order valence-corrected chi connectivity index (χ2v) is 4.34. The lowest BCUT2D eigenvalue weighted by Crippen LogP contribution is -2.11. The minimum Gasteiger partial charge on any atom is -0.465 e. The summed E-state index contributed by atoms with van der Waals surface area (Å²) in [5, 5.41) is 0.275. The second kappa shape index (κ2) is 4.03. The molecule has 17 heavy (non-hydrogen) atoms. The van der Waals surface area contributed by atoms with Crippen LogP contribution >= 0.6 is 11.3 Å². The molecule has 0 saturated heterocycles. The van der Waals surface area contributed by atoms with Crippen molar-refractivity contribution < 1.29 is 22.7 Å². The Kier molecular flexibility index (Phi) is 2.82. The van der Waals surface area contributed by atoms with Gasteiger partial charge in [0.05, 0.1) is 12.7 Å². The van der Waals surface area contributed by atoms with E-state index in [4.69, 9.17) is 0 Å². The first-order valence-corrected chi connectivity index (χ1v) is 5.44. The third kappa shape index (κ3) is 2.00. The quantitative estimate of drug-likeness (QED) is 0.731. The fourth-order valence-corrected chi connectivity index (χ4v) is 2.61. The van der Waals surface area contributed by atoms with Crippen LogP contribution in [0.1, 0.15) is 15.2 Å². The number of carbonyl (C=O) groups excluding carboxylic acids is 1. The van der Waals surface area contributed by atoms with E-state index in [9.17, 15) is 18.0 Å². The van der Waals surface area contributed by atoms with Crippen molar-refractivity contribution >= 4 is 27.4 Å². The highest BCUT2D eigenvalue weighted by Gasteiger charge is 2.39. The zero-order valence-corrected chi connectivity index (χ0v) is 9.48. The topological polar surface area (TPSA) is 26.3 Å². The van der Waals surface area contributed by atoms with Gasteiger partial charge >= 0.3 is 12.1 Å². The van der Waals surface area contributed by atoms with Crippen molar-refractivity contribution in [3.8, 4) is 0 Å². The molecule has 0 aliphatic carbocycles. The highest BCUT2D eigenvalue weighted by Crippen LogP contribution is 2.42. The predicted octanol–water partition coefficient (Wildman–Crippen LogP) is 3.71. The summed E-state index contributed by atoms with van der Waals surface area (Å²) in [4.78, 5) is 10.5. The van der Waals surface area contributed by atoms with Gasteiger partial charge in [-0.2, -0.15) is 13.2 Å². The van der Waals surface area contributed by atoms with Crippen molar-refractivity contribution in [2.45, 2.75) is 6.18 Å². The molecular weight excluding hydrogens is 253 g/mol. The summed E-state index contributed by atoms with van der Waals surface area (Å²) in [6, 6.07) is 6.23. The molecule has 0 bridgehead atoms. The average molecular weight is 260 g/mol. The van der Waals surface area contributed by atoms with Crippen LogP contribution in [0.2, 0.25) is 0 Å². The minimum atomic E-state index is -4.55. The zero-order chi connectivity index (χ0) is 12.6. The Bertz CT molecular complexity index is 572. The Labute approximate surface area is 98.6 Å². The van der Waals surface area contributed by atoms with E-state index in [1.54, 1.807) is 18.2 Å². The Balaban J connectivity index is 2.79. The number of halogens is 3. The standard InChI is InChI=1S/C11H7F3O2S/c1-16-10(15)8-6-4-2-3-5-7(6)17-9(8)11(12,13)14/h2-5H,1H3. The number of esters is 1. The number of benzene rings is 1. The molecule has 1 heterocycles. The van der Waals surface area contributed by atoms with Crippen LogP contribution in [0.4, 0.5) is 13.2 Å². The Hall–Kier alpha value is -1.56. The van der Waals surface area contributed by atoms with Crippen molar-refractivity contribution in [2.75, 3.05) is 7.11 Å². The molecule has 0 aliphatic heterocycles. The first-order chi connectivity index (χ1) is 7.95. The maximum absolute atomic E-state index is 12.8. The molecule has 6 heteroatoms. The summed E-state index contributed by atoms with van der Waals surface area (Å²) < 4.78 is 43.2. The molecule has 0 amide bonds. The minimum absolute atomic E-state index is 0.275. The summed E-state index contributed by atoms with van der Waals surface area (Å²) in [5.74, 6) is -0.963. The van der Waals surface area contributed by atoms with Gasteiger partial charge in [-0.05, 0) is 6.07 Å². The monoisotopic (exact) mass is 260 g/mol. The maximum Gasteiger partial charge on any atom is 0.426 e. The average Bonchev–Trinajstić information content (AvgIpc) is 2.67. The molecule has 2 aromatic rings. The first-order valence-electron chi connectivity index (χ1n) is 4.62. The highest BCUT2D eigenvalue weighted by molar-refractivity contribution is 7.19. The van der Waals surface area contributed by atoms with E-state index >= 15 is 0 Å². The smallest absolute Gasteiger partial charge is 0.426 e. The molecule has 1 aromatic heterocycles. The van der Waals surface area contributed by atoms with Gasteiger partial charge in [0.25, 0.3) is 0 Å². The van der Waals surface area contributed by atoms with Crippen molar-refractivity contribution in [3.63, 3.8) is 0 Å². The van der Waals surface area contributed by atoms with Crippen molar-refractivity contribution in [2.24, 2.45) is 0 Å². The van der Waals surface area contributed by atoms with E-state index in [1.165, 1.54) is 6.07 Å². The predicted molar refractivity (Wildman–Crippen MR) is 58.2 cm³/mol. The molecule has 0 fully saturated rings. The fraction of sp³-hybridized carbons (Fsp3) is 0.182. The van der Waals surface area contributed by atoms with E-state index in [0.717, 1.165) is 7.11 Å².